The zero-order valence-corrected chi connectivity index (χ0v) is 11.6. The summed E-state index contributed by atoms with van der Waals surface area (Å²) in [6, 6.07) is 0. The summed E-state index contributed by atoms with van der Waals surface area (Å²) in [4.78, 5) is 0. The van der Waals surface area contributed by atoms with E-state index in [2.05, 4.69) is 18.8 Å². The van der Waals surface area contributed by atoms with Gasteiger partial charge in [-0.1, -0.05) is 51.9 Å². The van der Waals surface area contributed by atoms with Gasteiger partial charge in [-0.3, -0.25) is 0 Å². The highest BCUT2D eigenvalue weighted by atomic mass is 16.2. The smallest absolute Gasteiger partial charge is 0.0431 e. The fourth-order valence-electron chi connectivity index (χ4n) is 1.85. The number of unbranched alkanes of at least 4 members (excludes halogenated alkanes) is 10. The van der Waals surface area contributed by atoms with E-state index in [1.54, 1.807) is 0 Å². The van der Waals surface area contributed by atoms with Crippen LogP contribution in [0.2, 0.25) is 0 Å². The Morgan fingerprint density at radius 2 is 1.12 bits per heavy atom. The molecular weight excluding hydrogens is 208 g/mol. The molecule has 0 aliphatic heterocycles. The topological polar surface area (TPSA) is 20.2 Å². The molecule has 100 valence electrons. The van der Waals surface area contributed by atoms with Crippen LogP contribution < -0.4 is 0 Å². The third-order valence-electron chi connectivity index (χ3n) is 2.99. The molecule has 0 aromatic carbocycles. The van der Waals surface area contributed by atoms with Crippen LogP contribution in [0.25, 0.3) is 0 Å². The van der Waals surface area contributed by atoms with Crippen LogP contribution in [0.4, 0.5) is 0 Å². The molecule has 0 atom stereocenters. The van der Waals surface area contributed by atoms with Crippen LogP contribution >= 0.6 is 0 Å². The minimum absolute atomic E-state index is 0.305. The zero-order chi connectivity index (χ0) is 12.6. The molecule has 0 heterocycles. The first-order valence-electron chi connectivity index (χ1n) is 7.48. The van der Waals surface area contributed by atoms with Crippen LogP contribution in [0.1, 0.15) is 84.0 Å². The number of aliphatic hydroxyl groups is 1. The van der Waals surface area contributed by atoms with Crippen LogP contribution in [0.5, 0.6) is 0 Å². The number of hydrogen-bond acceptors (Lipinski definition) is 1. The van der Waals surface area contributed by atoms with Crippen LogP contribution in [0, 0.1) is 11.8 Å². The predicted molar refractivity (Wildman–Crippen MR) is 75.9 cm³/mol. The van der Waals surface area contributed by atoms with E-state index >= 15 is 0 Å². The molecule has 0 aliphatic rings. The molecule has 0 aromatic heterocycles. The Labute approximate surface area is 108 Å². The summed E-state index contributed by atoms with van der Waals surface area (Å²) >= 11 is 0. The van der Waals surface area contributed by atoms with Gasteiger partial charge in [0, 0.05) is 19.4 Å². The maximum Gasteiger partial charge on any atom is 0.0431 e. The van der Waals surface area contributed by atoms with Crippen LogP contribution in [-0.4, -0.2) is 11.7 Å². The molecule has 1 nitrogen and oxygen atoms in total. The lowest BCUT2D eigenvalue weighted by Gasteiger charge is -1.99. The molecular formula is C16H30O. The molecule has 0 rings (SSSR count). The van der Waals surface area contributed by atoms with Crippen molar-refractivity contribution in [3.8, 4) is 11.8 Å². The van der Waals surface area contributed by atoms with E-state index in [4.69, 9.17) is 5.11 Å². The summed E-state index contributed by atoms with van der Waals surface area (Å²) in [5, 5.41) is 8.60. The van der Waals surface area contributed by atoms with Crippen LogP contribution in [0.15, 0.2) is 0 Å². The summed E-state index contributed by atoms with van der Waals surface area (Å²) in [5.74, 6) is 6.40. The molecule has 0 fully saturated rings. The van der Waals surface area contributed by atoms with Gasteiger partial charge in [0.25, 0.3) is 0 Å². The predicted octanol–water partition coefficient (Wildman–Crippen LogP) is 4.68. The van der Waals surface area contributed by atoms with E-state index in [1.807, 2.05) is 0 Å². The summed E-state index contributed by atoms with van der Waals surface area (Å²) in [7, 11) is 0. The lowest BCUT2D eigenvalue weighted by atomic mass is 10.1. The standard InChI is InChI=1S/C16H30O/c1-2-3-4-5-6-7-8-9-10-11-12-13-14-15-16-17/h17H,2-10,13-16H2,1H3. The van der Waals surface area contributed by atoms with Crippen molar-refractivity contribution in [3.05, 3.63) is 0 Å². The van der Waals surface area contributed by atoms with Crippen molar-refractivity contribution in [1.29, 1.82) is 0 Å². The molecule has 0 amide bonds. The summed E-state index contributed by atoms with van der Waals surface area (Å²) in [6.45, 7) is 2.57. The third-order valence-corrected chi connectivity index (χ3v) is 2.99. The van der Waals surface area contributed by atoms with E-state index in [0.29, 0.717) is 6.61 Å². The van der Waals surface area contributed by atoms with Gasteiger partial charge < -0.3 is 5.11 Å². The second-order valence-electron chi connectivity index (χ2n) is 4.76. The molecule has 0 spiro atoms. The Bertz CT molecular complexity index is 187. The number of rotatable bonds is 11. The monoisotopic (exact) mass is 238 g/mol. The van der Waals surface area contributed by atoms with Crippen molar-refractivity contribution in [2.24, 2.45) is 0 Å². The SMILES string of the molecule is CCCCCCCCCCC#CCCCCO. The van der Waals surface area contributed by atoms with Crippen molar-refractivity contribution in [3.63, 3.8) is 0 Å². The molecule has 1 N–H and O–H groups in total. The van der Waals surface area contributed by atoms with Crippen molar-refractivity contribution in [2.45, 2.75) is 84.0 Å². The van der Waals surface area contributed by atoms with Gasteiger partial charge in [-0.15, -0.1) is 11.8 Å². The summed E-state index contributed by atoms with van der Waals surface area (Å²) in [5.41, 5.74) is 0. The third kappa shape index (κ3) is 15.5. The number of aliphatic hydroxyl groups excluding tert-OH is 1. The van der Waals surface area contributed by atoms with Gasteiger partial charge >= 0.3 is 0 Å². The maximum atomic E-state index is 8.60. The first kappa shape index (κ1) is 16.5. The Hall–Kier alpha value is -0.480. The fourth-order valence-corrected chi connectivity index (χ4v) is 1.85. The summed E-state index contributed by atoms with van der Waals surface area (Å²) < 4.78 is 0. The van der Waals surface area contributed by atoms with Gasteiger partial charge in [0.2, 0.25) is 0 Å². The number of hydrogen-bond donors (Lipinski definition) is 1. The van der Waals surface area contributed by atoms with Gasteiger partial charge in [0.05, 0.1) is 0 Å². The normalized spacial score (nSPS) is 10.0. The highest BCUT2D eigenvalue weighted by molar-refractivity contribution is 4.98. The molecule has 0 aromatic rings. The molecule has 17 heavy (non-hydrogen) atoms. The largest absolute Gasteiger partial charge is 0.396 e. The highest BCUT2D eigenvalue weighted by Crippen LogP contribution is 2.09. The van der Waals surface area contributed by atoms with Crippen LogP contribution in [-0.2, 0) is 0 Å². The lowest BCUT2D eigenvalue weighted by molar-refractivity contribution is 0.285. The van der Waals surface area contributed by atoms with Crippen molar-refractivity contribution >= 4 is 0 Å². The van der Waals surface area contributed by atoms with Gasteiger partial charge in [-0.2, -0.15) is 0 Å². The van der Waals surface area contributed by atoms with Crippen LogP contribution in [0.3, 0.4) is 0 Å². The molecule has 0 saturated heterocycles. The van der Waals surface area contributed by atoms with E-state index in [9.17, 15) is 0 Å². The Morgan fingerprint density at radius 1 is 0.647 bits per heavy atom. The fraction of sp³-hybridized carbons (Fsp3) is 0.875. The lowest BCUT2D eigenvalue weighted by Crippen LogP contribution is -1.81. The van der Waals surface area contributed by atoms with Gasteiger partial charge in [0.15, 0.2) is 0 Å². The van der Waals surface area contributed by atoms with E-state index in [0.717, 1.165) is 25.7 Å². The van der Waals surface area contributed by atoms with Crippen molar-refractivity contribution in [1.82, 2.24) is 0 Å². The van der Waals surface area contributed by atoms with Gasteiger partial charge in [-0.05, 0) is 19.3 Å². The minimum Gasteiger partial charge on any atom is -0.396 e. The minimum atomic E-state index is 0.305. The quantitative estimate of drug-likeness (QED) is 0.409. The molecule has 0 aliphatic carbocycles. The highest BCUT2D eigenvalue weighted by Gasteiger charge is 1.90. The molecule has 0 radical (unpaired) electrons. The van der Waals surface area contributed by atoms with E-state index in [-0.39, 0.29) is 0 Å². The summed E-state index contributed by atoms with van der Waals surface area (Å²) in [6.07, 6.45) is 14.9. The molecule has 0 saturated carbocycles. The van der Waals surface area contributed by atoms with Crippen molar-refractivity contribution < 1.29 is 5.11 Å². The maximum absolute atomic E-state index is 8.60. The second-order valence-corrected chi connectivity index (χ2v) is 4.76. The second kappa shape index (κ2) is 15.5. The Kier molecular flexibility index (Phi) is 15.1. The Balaban J connectivity index is 3.02. The van der Waals surface area contributed by atoms with Gasteiger partial charge in [-0.25, -0.2) is 0 Å². The first-order valence-corrected chi connectivity index (χ1v) is 7.48. The molecule has 0 bridgehead atoms. The molecule has 0 unspecified atom stereocenters. The average molecular weight is 238 g/mol. The molecule has 1 heteroatoms. The van der Waals surface area contributed by atoms with E-state index < -0.39 is 0 Å². The van der Waals surface area contributed by atoms with Crippen molar-refractivity contribution in [2.75, 3.05) is 6.61 Å². The first-order chi connectivity index (χ1) is 8.41. The van der Waals surface area contributed by atoms with Gasteiger partial charge in [0.1, 0.15) is 0 Å². The van der Waals surface area contributed by atoms with E-state index in [1.165, 1.54) is 51.4 Å². The average Bonchev–Trinajstić information content (AvgIpc) is 2.35. The zero-order valence-electron chi connectivity index (χ0n) is 11.6. The Morgan fingerprint density at radius 3 is 1.65 bits per heavy atom.